The third kappa shape index (κ3) is 4.46. The van der Waals surface area contributed by atoms with Crippen molar-refractivity contribution in [3.8, 4) is 0 Å². The van der Waals surface area contributed by atoms with Crippen LogP contribution < -0.4 is 10.2 Å². The lowest BCUT2D eigenvalue weighted by molar-refractivity contribution is -0.00557. The van der Waals surface area contributed by atoms with E-state index in [1.54, 1.807) is 17.0 Å². The van der Waals surface area contributed by atoms with Crippen LogP contribution in [-0.4, -0.2) is 52.7 Å². The molecule has 2 aliphatic heterocycles. The van der Waals surface area contributed by atoms with Crippen LogP contribution in [-0.2, 0) is 17.7 Å². The van der Waals surface area contributed by atoms with Crippen molar-refractivity contribution in [2.75, 3.05) is 29.9 Å². The quantitative estimate of drug-likeness (QED) is 0.810. The molecule has 2 aromatic rings. The lowest BCUT2D eigenvalue weighted by Gasteiger charge is -2.38. The Hall–Kier alpha value is -2.38. The molecule has 154 valence electrons. The molecule has 0 bridgehead atoms. The second-order valence-electron chi connectivity index (χ2n) is 7.79. The van der Waals surface area contributed by atoms with Crippen LogP contribution in [0.3, 0.4) is 0 Å². The number of nitrogens with one attached hydrogen (secondary N) is 1. The molecule has 2 amide bonds. The van der Waals surface area contributed by atoms with Gasteiger partial charge < -0.3 is 19.9 Å². The normalized spacial score (nSPS) is 21.7. The minimum atomic E-state index is -0.145. The first-order chi connectivity index (χ1) is 13.9. The zero-order valence-electron chi connectivity index (χ0n) is 17.0. The maximum atomic E-state index is 12.8. The van der Waals surface area contributed by atoms with Gasteiger partial charge in [0.05, 0.1) is 24.4 Å². The fourth-order valence-electron chi connectivity index (χ4n) is 4.07. The Morgan fingerprint density at radius 3 is 2.72 bits per heavy atom. The monoisotopic (exact) mass is 415 g/mol. The molecular weight excluding hydrogens is 390 g/mol. The molecule has 0 spiro atoms. The molecule has 1 saturated heterocycles. The van der Waals surface area contributed by atoms with E-state index >= 15 is 0 Å². The Morgan fingerprint density at radius 2 is 2.00 bits per heavy atom. The molecule has 2 aliphatic rings. The maximum Gasteiger partial charge on any atom is 0.322 e. The smallest absolute Gasteiger partial charge is 0.322 e. The van der Waals surface area contributed by atoms with Crippen molar-refractivity contribution < 1.29 is 9.53 Å². The number of ether oxygens (including phenoxy) is 1. The summed E-state index contributed by atoms with van der Waals surface area (Å²) in [5.41, 5.74) is 2.75. The number of halogens is 1. The second-order valence-corrected chi connectivity index (χ2v) is 8.23. The number of amides is 2. The van der Waals surface area contributed by atoms with Crippen LogP contribution in [0.15, 0.2) is 24.3 Å². The van der Waals surface area contributed by atoms with Crippen molar-refractivity contribution in [3.05, 3.63) is 46.4 Å². The van der Waals surface area contributed by atoms with Crippen molar-refractivity contribution in [2.24, 2.45) is 0 Å². The highest BCUT2D eigenvalue weighted by atomic mass is 35.5. The summed E-state index contributed by atoms with van der Waals surface area (Å²) >= 11 is 6.03. The van der Waals surface area contributed by atoms with Gasteiger partial charge in [-0.2, -0.15) is 0 Å². The van der Waals surface area contributed by atoms with Gasteiger partial charge in [0.2, 0.25) is 0 Å². The van der Waals surface area contributed by atoms with E-state index in [1.165, 1.54) is 0 Å². The highest BCUT2D eigenvalue weighted by Gasteiger charge is 2.30. The molecule has 0 aliphatic carbocycles. The number of fused-ring (bicyclic) bond motifs is 1. The average molecular weight is 416 g/mol. The van der Waals surface area contributed by atoms with Gasteiger partial charge >= 0.3 is 6.03 Å². The Balaban J connectivity index is 1.57. The van der Waals surface area contributed by atoms with Gasteiger partial charge in [0.15, 0.2) is 0 Å². The van der Waals surface area contributed by atoms with Crippen LogP contribution in [0.5, 0.6) is 0 Å². The number of morpholine rings is 1. The summed E-state index contributed by atoms with van der Waals surface area (Å²) in [6.07, 6.45) is 0.982. The Bertz CT molecular complexity index is 912. The molecule has 1 aromatic heterocycles. The van der Waals surface area contributed by atoms with Crippen molar-refractivity contribution in [1.29, 1.82) is 0 Å². The predicted octanol–water partition coefficient (Wildman–Crippen LogP) is 3.64. The van der Waals surface area contributed by atoms with E-state index in [0.29, 0.717) is 30.2 Å². The third-order valence-electron chi connectivity index (χ3n) is 5.23. The Labute approximate surface area is 176 Å². The molecule has 3 heterocycles. The number of carbonyl (C=O) groups excluding carboxylic acids is 1. The van der Waals surface area contributed by atoms with Gasteiger partial charge in [-0.1, -0.05) is 17.7 Å². The van der Waals surface area contributed by atoms with E-state index in [2.05, 4.69) is 29.0 Å². The number of aryl methyl sites for hydroxylation is 1. The molecule has 1 N–H and O–H groups in total. The first kappa shape index (κ1) is 19.9. The predicted molar refractivity (Wildman–Crippen MR) is 114 cm³/mol. The van der Waals surface area contributed by atoms with E-state index in [9.17, 15) is 4.79 Å². The van der Waals surface area contributed by atoms with Crippen LogP contribution in [0, 0.1) is 6.92 Å². The van der Waals surface area contributed by atoms with Crippen LogP contribution in [0.4, 0.5) is 16.3 Å². The number of hydrogen-bond donors (Lipinski definition) is 1. The first-order valence-corrected chi connectivity index (χ1v) is 10.3. The minimum absolute atomic E-state index is 0.135. The Morgan fingerprint density at radius 1 is 1.24 bits per heavy atom. The number of aromatic nitrogens is 2. The molecule has 29 heavy (non-hydrogen) atoms. The van der Waals surface area contributed by atoms with Crippen LogP contribution in [0.1, 0.15) is 30.9 Å². The molecule has 7 nitrogen and oxygen atoms in total. The molecule has 2 atom stereocenters. The van der Waals surface area contributed by atoms with Gasteiger partial charge in [0.1, 0.15) is 11.6 Å². The zero-order chi connectivity index (χ0) is 20.5. The summed E-state index contributed by atoms with van der Waals surface area (Å²) in [6.45, 7) is 8.74. The van der Waals surface area contributed by atoms with E-state index < -0.39 is 0 Å². The summed E-state index contributed by atoms with van der Waals surface area (Å²) in [7, 11) is 0. The van der Waals surface area contributed by atoms with Gasteiger partial charge in [-0.3, -0.25) is 0 Å². The standard InChI is InChI=1S/C21H26ClN5O2/c1-13-10-27(11-14(2)29-13)20-18-12-26(8-7-19(18)23-15(3)24-20)21(28)25-17-6-4-5-16(22)9-17/h4-6,9,13-14H,7-8,10-12H2,1-3H3,(H,25,28)/t13-,14-/m0/s1. The van der Waals surface area contributed by atoms with E-state index in [1.807, 2.05) is 19.1 Å². The number of hydrogen-bond acceptors (Lipinski definition) is 5. The fourth-order valence-corrected chi connectivity index (χ4v) is 4.26. The Kier molecular flexibility index (Phi) is 5.61. The summed E-state index contributed by atoms with van der Waals surface area (Å²) in [5.74, 6) is 1.69. The molecule has 4 rings (SSSR count). The summed E-state index contributed by atoms with van der Waals surface area (Å²) in [4.78, 5) is 26.3. The average Bonchev–Trinajstić information content (AvgIpc) is 2.66. The third-order valence-corrected chi connectivity index (χ3v) is 5.47. The zero-order valence-corrected chi connectivity index (χ0v) is 17.7. The van der Waals surface area contributed by atoms with Crippen LogP contribution in [0.2, 0.25) is 5.02 Å². The molecule has 0 saturated carbocycles. The van der Waals surface area contributed by atoms with E-state index in [4.69, 9.17) is 21.3 Å². The van der Waals surface area contributed by atoms with Crippen LogP contribution >= 0.6 is 11.6 Å². The van der Waals surface area contributed by atoms with Gasteiger partial charge in [-0.15, -0.1) is 0 Å². The van der Waals surface area contributed by atoms with Crippen molar-refractivity contribution in [3.63, 3.8) is 0 Å². The number of rotatable bonds is 2. The minimum Gasteiger partial charge on any atom is -0.372 e. The summed E-state index contributed by atoms with van der Waals surface area (Å²) in [6, 6.07) is 7.03. The second kappa shape index (κ2) is 8.16. The highest BCUT2D eigenvalue weighted by Crippen LogP contribution is 2.29. The lowest BCUT2D eigenvalue weighted by atomic mass is 10.0. The molecule has 8 heteroatoms. The summed E-state index contributed by atoms with van der Waals surface area (Å²) in [5, 5.41) is 3.53. The van der Waals surface area contributed by atoms with Crippen LogP contribution in [0.25, 0.3) is 0 Å². The van der Waals surface area contributed by atoms with Crippen molar-refractivity contribution in [1.82, 2.24) is 14.9 Å². The molecule has 0 unspecified atom stereocenters. The van der Waals surface area contributed by atoms with Gasteiger partial charge in [-0.05, 0) is 39.0 Å². The van der Waals surface area contributed by atoms with Crippen molar-refractivity contribution in [2.45, 2.75) is 45.9 Å². The molecule has 1 fully saturated rings. The van der Waals surface area contributed by atoms with Gasteiger partial charge in [-0.25, -0.2) is 14.8 Å². The summed E-state index contributed by atoms with van der Waals surface area (Å²) < 4.78 is 5.88. The van der Waals surface area contributed by atoms with E-state index in [0.717, 1.165) is 36.0 Å². The first-order valence-electron chi connectivity index (χ1n) is 9.97. The number of anilines is 2. The van der Waals surface area contributed by atoms with Gasteiger partial charge in [0, 0.05) is 42.3 Å². The lowest BCUT2D eigenvalue weighted by Crippen LogP contribution is -2.47. The number of benzene rings is 1. The highest BCUT2D eigenvalue weighted by molar-refractivity contribution is 6.30. The SMILES string of the molecule is Cc1nc2c(c(N3C[C@H](C)O[C@@H](C)C3)n1)CN(C(=O)Nc1cccc(Cl)c1)CC2. The molecular formula is C21H26ClN5O2. The molecule has 0 radical (unpaired) electrons. The fraction of sp³-hybridized carbons (Fsp3) is 0.476. The van der Waals surface area contributed by atoms with Gasteiger partial charge in [0.25, 0.3) is 0 Å². The number of nitrogens with zero attached hydrogens (tertiary/aromatic N) is 4. The number of carbonyl (C=O) groups is 1. The van der Waals surface area contributed by atoms with E-state index in [-0.39, 0.29) is 18.2 Å². The molecule has 1 aromatic carbocycles. The van der Waals surface area contributed by atoms with Crippen molar-refractivity contribution >= 4 is 29.1 Å². The number of urea groups is 1. The topological polar surface area (TPSA) is 70.6 Å². The largest absolute Gasteiger partial charge is 0.372 e. The maximum absolute atomic E-state index is 12.8.